The largest absolute Gasteiger partial charge is 0.305 e. The minimum Gasteiger partial charge on any atom is -0.305 e. The molecule has 2 heterocycles. The second kappa shape index (κ2) is 7.59. The molecule has 6 bridgehead atoms. The summed E-state index contributed by atoms with van der Waals surface area (Å²) in [7, 11) is 0. The number of aromatic nitrogens is 2. The second-order valence-corrected chi connectivity index (χ2v) is 14.9. The summed E-state index contributed by atoms with van der Waals surface area (Å²) >= 11 is 15.0. The van der Waals surface area contributed by atoms with Crippen molar-refractivity contribution in [3.05, 3.63) is 75.3 Å². The molecule has 5 fully saturated rings. The molecular formula is C34H33Cl2N3. The van der Waals surface area contributed by atoms with Gasteiger partial charge in [0.05, 0.1) is 33.8 Å². The van der Waals surface area contributed by atoms with Gasteiger partial charge in [-0.2, -0.15) is 0 Å². The zero-order valence-electron chi connectivity index (χ0n) is 22.1. The number of fused-ring (bicyclic) bond motifs is 4. The number of rotatable bonds is 3. The number of halogens is 2. The van der Waals surface area contributed by atoms with Crippen LogP contribution in [0.4, 0.5) is 17.1 Å². The van der Waals surface area contributed by atoms with E-state index in [0.29, 0.717) is 29.1 Å². The second-order valence-electron chi connectivity index (χ2n) is 14.2. The molecule has 0 radical (unpaired) electrons. The fraction of sp³-hybridized carbons (Fsp3) is 0.529. The van der Waals surface area contributed by atoms with Gasteiger partial charge in [0.15, 0.2) is 0 Å². The smallest absolute Gasteiger partial charge is 0.0836 e. The molecule has 7 unspecified atom stereocenters. The first-order valence-corrected chi connectivity index (χ1v) is 16.1. The molecule has 5 heteroatoms. The molecule has 5 saturated carbocycles. The van der Waals surface area contributed by atoms with Gasteiger partial charge in [0.25, 0.3) is 0 Å². The number of nitrogens with zero attached hydrogens (tertiary/aromatic N) is 3. The summed E-state index contributed by atoms with van der Waals surface area (Å²) < 4.78 is 0. The molecule has 198 valence electrons. The normalized spacial score (nSPS) is 39.2. The molecule has 2 aromatic heterocycles. The number of hydrogen-bond donors (Lipinski definition) is 0. The van der Waals surface area contributed by atoms with Crippen molar-refractivity contribution in [1.82, 2.24) is 9.97 Å². The summed E-state index contributed by atoms with van der Waals surface area (Å²) in [4.78, 5) is 12.7. The van der Waals surface area contributed by atoms with Crippen molar-refractivity contribution in [1.29, 1.82) is 0 Å². The Labute approximate surface area is 240 Å². The zero-order valence-corrected chi connectivity index (χ0v) is 23.6. The van der Waals surface area contributed by atoms with Crippen molar-refractivity contribution in [2.45, 2.75) is 81.5 Å². The Morgan fingerprint density at radius 2 is 1.31 bits per heavy atom. The van der Waals surface area contributed by atoms with Crippen LogP contribution >= 0.6 is 23.2 Å². The van der Waals surface area contributed by atoms with Crippen LogP contribution in [0, 0.1) is 29.1 Å². The first kappa shape index (κ1) is 22.6. The maximum atomic E-state index is 7.51. The average Bonchev–Trinajstić information content (AvgIpc) is 3.21. The summed E-state index contributed by atoms with van der Waals surface area (Å²) in [6.07, 6.45) is 16.0. The molecule has 0 aliphatic heterocycles. The first-order valence-electron chi connectivity index (χ1n) is 15.3. The number of anilines is 3. The molecule has 0 saturated heterocycles. The van der Waals surface area contributed by atoms with Crippen LogP contribution in [0.25, 0.3) is 0 Å². The third-order valence-electron chi connectivity index (χ3n) is 12.7. The number of hydrogen-bond acceptors (Lipinski definition) is 3. The average molecular weight is 555 g/mol. The molecule has 11 rings (SSSR count). The van der Waals surface area contributed by atoms with E-state index in [1.54, 1.807) is 0 Å². The lowest BCUT2D eigenvalue weighted by Crippen LogP contribution is -2.59. The molecular weight excluding hydrogens is 521 g/mol. The van der Waals surface area contributed by atoms with Gasteiger partial charge in [-0.3, -0.25) is 9.97 Å². The van der Waals surface area contributed by atoms with Gasteiger partial charge in [-0.1, -0.05) is 41.4 Å². The van der Waals surface area contributed by atoms with Crippen LogP contribution in [0.2, 0.25) is 10.0 Å². The van der Waals surface area contributed by atoms with E-state index in [-0.39, 0.29) is 0 Å². The highest BCUT2D eigenvalue weighted by Gasteiger charge is 2.72. The summed E-state index contributed by atoms with van der Waals surface area (Å²) in [6.45, 7) is 0. The monoisotopic (exact) mass is 553 g/mol. The highest BCUT2D eigenvalue weighted by molar-refractivity contribution is 6.36. The molecule has 3 nitrogen and oxygen atoms in total. The molecule has 8 aliphatic rings. The SMILES string of the molecule is Clc1c(N(c2ccccc2)c2cnc3c(c2Cl)C2CC4CC5CC3C45C2)cnc2c1C1CC3CC(CC2C3)C1. The highest BCUT2D eigenvalue weighted by atomic mass is 35.5. The predicted octanol–water partition coefficient (Wildman–Crippen LogP) is 9.64. The van der Waals surface area contributed by atoms with Crippen molar-refractivity contribution in [3.63, 3.8) is 0 Å². The lowest BCUT2D eigenvalue weighted by molar-refractivity contribution is -0.147. The topological polar surface area (TPSA) is 29.0 Å². The Balaban J connectivity index is 1.16. The lowest BCUT2D eigenvalue weighted by atomic mass is 9.37. The third kappa shape index (κ3) is 2.73. The molecule has 39 heavy (non-hydrogen) atoms. The van der Waals surface area contributed by atoms with Gasteiger partial charge in [-0.15, -0.1) is 0 Å². The van der Waals surface area contributed by atoms with Gasteiger partial charge in [-0.25, -0.2) is 0 Å². The molecule has 1 spiro atoms. The van der Waals surface area contributed by atoms with Crippen LogP contribution < -0.4 is 4.90 Å². The quantitative estimate of drug-likeness (QED) is 0.323. The van der Waals surface area contributed by atoms with E-state index in [9.17, 15) is 0 Å². The fourth-order valence-corrected chi connectivity index (χ4v) is 12.2. The maximum Gasteiger partial charge on any atom is 0.0836 e. The molecule has 1 aromatic carbocycles. The Morgan fingerprint density at radius 1 is 0.667 bits per heavy atom. The Hall–Kier alpha value is -2.10. The van der Waals surface area contributed by atoms with E-state index >= 15 is 0 Å². The Bertz CT molecular complexity index is 1540. The van der Waals surface area contributed by atoms with Crippen LogP contribution in [-0.4, -0.2) is 9.97 Å². The van der Waals surface area contributed by atoms with Gasteiger partial charge in [-0.05, 0) is 122 Å². The summed E-state index contributed by atoms with van der Waals surface area (Å²) in [6, 6.07) is 10.6. The lowest BCUT2D eigenvalue weighted by Gasteiger charge is -2.67. The van der Waals surface area contributed by atoms with Gasteiger partial charge in [0.2, 0.25) is 0 Å². The third-order valence-corrected chi connectivity index (χ3v) is 13.5. The van der Waals surface area contributed by atoms with Crippen molar-refractivity contribution in [2.24, 2.45) is 29.1 Å². The molecule has 8 aliphatic carbocycles. The van der Waals surface area contributed by atoms with E-state index in [1.165, 1.54) is 80.3 Å². The first-order chi connectivity index (χ1) is 19.1. The van der Waals surface area contributed by atoms with Crippen LogP contribution in [-0.2, 0) is 0 Å². The van der Waals surface area contributed by atoms with E-state index in [4.69, 9.17) is 33.2 Å². The van der Waals surface area contributed by atoms with Gasteiger partial charge in [0, 0.05) is 28.9 Å². The van der Waals surface area contributed by atoms with Crippen molar-refractivity contribution in [3.8, 4) is 0 Å². The molecule has 0 N–H and O–H groups in total. The Kier molecular flexibility index (Phi) is 4.39. The van der Waals surface area contributed by atoms with Crippen LogP contribution in [0.1, 0.15) is 104 Å². The standard InChI is InChI=1S/C34H33Cl2N3/c35-30-26(15-37-32-20-9-17-6-18(10-20)8-19(7-17)28(30)32)39(24-4-2-1-3-5-24)27-16-38-33-25-13-23-12-22-11-21(14-34(22,23)25)29(33)31(27)36/h1-5,15-23,25H,6-14H2. The predicted molar refractivity (Wildman–Crippen MR) is 156 cm³/mol. The summed E-state index contributed by atoms with van der Waals surface area (Å²) in [5.74, 6) is 5.77. The van der Waals surface area contributed by atoms with Gasteiger partial charge < -0.3 is 4.90 Å². The fourth-order valence-electron chi connectivity index (χ4n) is 11.4. The minimum absolute atomic E-state index is 0.530. The van der Waals surface area contributed by atoms with E-state index < -0.39 is 0 Å². The van der Waals surface area contributed by atoms with E-state index in [0.717, 1.165) is 50.8 Å². The number of benzene rings is 1. The zero-order chi connectivity index (χ0) is 25.6. The summed E-state index contributed by atoms with van der Waals surface area (Å²) in [5, 5.41) is 1.77. The number of para-hydroxylation sites is 1. The highest BCUT2D eigenvalue weighted by Crippen LogP contribution is 2.82. The number of pyridine rings is 2. The van der Waals surface area contributed by atoms with Crippen LogP contribution in [0.15, 0.2) is 42.7 Å². The van der Waals surface area contributed by atoms with Crippen LogP contribution in [0.3, 0.4) is 0 Å². The minimum atomic E-state index is 0.530. The summed E-state index contributed by atoms with van der Waals surface area (Å²) in [5.41, 5.74) is 8.81. The van der Waals surface area contributed by atoms with E-state index in [1.807, 2.05) is 12.4 Å². The van der Waals surface area contributed by atoms with Gasteiger partial charge >= 0.3 is 0 Å². The maximum absolute atomic E-state index is 7.51. The van der Waals surface area contributed by atoms with Crippen LogP contribution in [0.5, 0.6) is 0 Å². The van der Waals surface area contributed by atoms with E-state index in [2.05, 4.69) is 35.2 Å². The van der Waals surface area contributed by atoms with Gasteiger partial charge in [0.1, 0.15) is 0 Å². The van der Waals surface area contributed by atoms with Crippen molar-refractivity contribution >= 4 is 40.3 Å². The molecule has 3 aromatic rings. The molecule has 0 amide bonds. The van der Waals surface area contributed by atoms with Crippen molar-refractivity contribution in [2.75, 3.05) is 4.90 Å². The molecule has 7 atom stereocenters. The Morgan fingerprint density at radius 3 is 2.03 bits per heavy atom. The van der Waals surface area contributed by atoms with Crippen molar-refractivity contribution < 1.29 is 0 Å².